The molecule has 9 heteroatoms. The third-order valence-corrected chi connectivity index (χ3v) is 5.92. The molecule has 0 atom stereocenters. The maximum Gasteiger partial charge on any atom is 0.224 e. The van der Waals surface area contributed by atoms with E-state index in [-0.39, 0.29) is 55.5 Å². The molecule has 2 heterocycles. The number of hydrogen-bond acceptors (Lipinski definition) is 5. The fraction of sp³-hybridized carbons (Fsp3) is 0.435. The van der Waals surface area contributed by atoms with Crippen molar-refractivity contribution in [3.8, 4) is 11.5 Å². The Balaban J connectivity index is 1.41. The number of fused-ring (bicyclic) bond motifs is 1. The predicted molar refractivity (Wildman–Crippen MR) is 113 cm³/mol. The second-order valence-electron chi connectivity index (χ2n) is 8.11. The second kappa shape index (κ2) is 8.90. The van der Waals surface area contributed by atoms with Crippen molar-refractivity contribution in [2.24, 2.45) is 0 Å². The van der Waals surface area contributed by atoms with Gasteiger partial charge in [0.05, 0.1) is 18.0 Å². The smallest absolute Gasteiger partial charge is 0.224 e. The molecular formula is C23H25F3N2O4. The Labute approximate surface area is 183 Å². The number of aliphatic hydroxyl groups is 1. The molecule has 6 nitrogen and oxygen atoms in total. The lowest BCUT2D eigenvalue weighted by Crippen LogP contribution is -2.48. The van der Waals surface area contributed by atoms with Gasteiger partial charge in [-0.2, -0.15) is 0 Å². The number of hydrogen-bond donors (Lipinski definition) is 2. The molecule has 0 aromatic heterocycles. The zero-order valence-corrected chi connectivity index (χ0v) is 17.7. The van der Waals surface area contributed by atoms with E-state index in [1.165, 1.54) is 12.1 Å². The Morgan fingerprint density at radius 3 is 2.50 bits per heavy atom. The summed E-state index contributed by atoms with van der Waals surface area (Å²) in [6.07, 6.45) is 1.14. The molecule has 32 heavy (non-hydrogen) atoms. The predicted octanol–water partition coefficient (Wildman–Crippen LogP) is 3.80. The standard InChI is InChI=1S/C23H25F3N2O4/c1-2-31-20-12-16(25)18(11-17(20)26)28-9-7-23(30,8-10-28)13-32-19-5-4-15(24)22-14(19)3-6-21(29)27-22/h4-5,11-12,30H,2-3,6-10,13H2,1H3,(H,27,29). The monoisotopic (exact) mass is 450 g/mol. The number of amides is 1. The van der Waals surface area contributed by atoms with E-state index in [1.807, 2.05) is 0 Å². The molecule has 2 aliphatic heterocycles. The summed E-state index contributed by atoms with van der Waals surface area (Å²) in [4.78, 5) is 13.2. The maximum absolute atomic E-state index is 14.5. The molecule has 0 spiro atoms. The molecule has 1 saturated heterocycles. The molecule has 4 rings (SSSR count). The molecule has 2 aliphatic rings. The van der Waals surface area contributed by atoms with Crippen LogP contribution in [0.3, 0.4) is 0 Å². The van der Waals surface area contributed by atoms with Crippen molar-refractivity contribution in [3.05, 3.63) is 47.3 Å². The van der Waals surface area contributed by atoms with Gasteiger partial charge in [0.15, 0.2) is 11.6 Å². The Morgan fingerprint density at radius 2 is 1.78 bits per heavy atom. The van der Waals surface area contributed by atoms with Gasteiger partial charge in [-0.05, 0) is 38.3 Å². The number of nitrogens with zero attached hydrogens (tertiary/aromatic N) is 1. The molecule has 0 unspecified atom stereocenters. The molecule has 2 aromatic rings. The van der Waals surface area contributed by atoms with Gasteiger partial charge in [-0.3, -0.25) is 4.79 Å². The number of anilines is 2. The van der Waals surface area contributed by atoms with E-state index in [0.29, 0.717) is 30.8 Å². The lowest BCUT2D eigenvalue weighted by atomic mass is 9.92. The highest BCUT2D eigenvalue weighted by Crippen LogP contribution is 2.36. The second-order valence-corrected chi connectivity index (χ2v) is 8.11. The van der Waals surface area contributed by atoms with Gasteiger partial charge in [-0.25, -0.2) is 13.2 Å². The van der Waals surface area contributed by atoms with Gasteiger partial charge in [-0.1, -0.05) is 0 Å². The van der Waals surface area contributed by atoms with Crippen LogP contribution < -0.4 is 19.7 Å². The largest absolute Gasteiger partial charge is 0.491 e. The number of halogens is 3. The van der Waals surface area contributed by atoms with Crippen LogP contribution in [0.2, 0.25) is 0 Å². The molecule has 1 fully saturated rings. The van der Waals surface area contributed by atoms with Crippen LogP contribution in [0.1, 0.15) is 31.7 Å². The molecule has 0 radical (unpaired) electrons. The number of ether oxygens (including phenoxy) is 2. The van der Waals surface area contributed by atoms with E-state index in [1.54, 1.807) is 11.8 Å². The number of nitrogens with one attached hydrogen (secondary N) is 1. The van der Waals surface area contributed by atoms with Crippen LogP contribution in [0.25, 0.3) is 0 Å². The highest BCUT2D eigenvalue weighted by atomic mass is 19.1. The van der Waals surface area contributed by atoms with Crippen LogP contribution in [-0.2, 0) is 11.2 Å². The fourth-order valence-corrected chi connectivity index (χ4v) is 4.11. The zero-order valence-electron chi connectivity index (χ0n) is 17.7. The minimum Gasteiger partial charge on any atom is -0.491 e. The van der Waals surface area contributed by atoms with Crippen molar-refractivity contribution < 1.29 is 32.5 Å². The summed E-state index contributed by atoms with van der Waals surface area (Å²) in [5.74, 6) is -1.72. The van der Waals surface area contributed by atoms with Crippen LogP contribution in [0.4, 0.5) is 24.5 Å². The summed E-state index contributed by atoms with van der Waals surface area (Å²) in [5, 5.41) is 13.5. The third-order valence-electron chi connectivity index (χ3n) is 5.92. The molecule has 0 bridgehead atoms. The first-order valence-electron chi connectivity index (χ1n) is 10.6. The summed E-state index contributed by atoms with van der Waals surface area (Å²) < 4.78 is 53.6. The number of rotatable bonds is 6. The van der Waals surface area contributed by atoms with Gasteiger partial charge in [0.1, 0.15) is 29.6 Å². The maximum atomic E-state index is 14.5. The normalized spacial score (nSPS) is 17.5. The van der Waals surface area contributed by atoms with E-state index in [2.05, 4.69) is 5.32 Å². The highest BCUT2D eigenvalue weighted by molar-refractivity contribution is 5.94. The van der Waals surface area contributed by atoms with E-state index in [9.17, 15) is 23.1 Å². The molecule has 0 saturated carbocycles. The van der Waals surface area contributed by atoms with Gasteiger partial charge < -0.3 is 24.8 Å². The molecule has 0 aliphatic carbocycles. The van der Waals surface area contributed by atoms with Crippen molar-refractivity contribution in [1.29, 1.82) is 0 Å². The number of benzene rings is 2. The first-order valence-corrected chi connectivity index (χ1v) is 10.6. The molecule has 172 valence electrons. The van der Waals surface area contributed by atoms with Crippen LogP contribution in [0.5, 0.6) is 11.5 Å². The van der Waals surface area contributed by atoms with Crippen molar-refractivity contribution in [2.45, 2.75) is 38.2 Å². The average molecular weight is 450 g/mol. The minimum absolute atomic E-state index is 0.0347. The Bertz CT molecular complexity index is 1020. The van der Waals surface area contributed by atoms with Crippen LogP contribution in [0.15, 0.2) is 24.3 Å². The van der Waals surface area contributed by atoms with E-state index in [0.717, 1.165) is 12.1 Å². The van der Waals surface area contributed by atoms with Crippen molar-refractivity contribution in [3.63, 3.8) is 0 Å². The lowest BCUT2D eigenvalue weighted by Gasteiger charge is -2.39. The molecular weight excluding hydrogens is 425 g/mol. The van der Waals surface area contributed by atoms with Crippen LogP contribution in [0, 0.1) is 17.5 Å². The van der Waals surface area contributed by atoms with E-state index in [4.69, 9.17) is 9.47 Å². The van der Waals surface area contributed by atoms with Crippen LogP contribution >= 0.6 is 0 Å². The summed E-state index contributed by atoms with van der Waals surface area (Å²) in [6.45, 7) is 2.50. The first-order chi connectivity index (χ1) is 15.3. The number of carbonyl (C=O) groups is 1. The van der Waals surface area contributed by atoms with Gasteiger partial charge in [0, 0.05) is 37.2 Å². The average Bonchev–Trinajstić information content (AvgIpc) is 2.77. The minimum atomic E-state index is -1.17. The van der Waals surface area contributed by atoms with Crippen molar-refractivity contribution >= 4 is 17.3 Å². The summed E-state index contributed by atoms with van der Waals surface area (Å²) in [6, 6.07) is 4.85. The summed E-state index contributed by atoms with van der Waals surface area (Å²) in [7, 11) is 0. The molecule has 1 amide bonds. The van der Waals surface area contributed by atoms with E-state index < -0.39 is 23.1 Å². The van der Waals surface area contributed by atoms with Crippen LogP contribution in [-0.4, -0.2) is 42.9 Å². The Morgan fingerprint density at radius 1 is 1.03 bits per heavy atom. The zero-order chi connectivity index (χ0) is 22.9. The van der Waals surface area contributed by atoms with Gasteiger partial charge in [-0.15, -0.1) is 0 Å². The number of carbonyl (C=O) groups excluding carboxylic acids is 1. The quantitative estimate of drug-likeness (QED) is 0.701. The van der Waals surface area contributed by atoms with E-state index >= 15 is 0 Å². The summed E-state index contributed by atoms with van der Waals surface area (Å²) >= 11 is 0. The topological polar surface area (TPSA) is 71.0 Å². The highest BCUT2D eigenvalue weighted by Gasteiger charge is 2.35. The third kappa shape index (κ3) is 4.48. The SMILES string of the molecule is CCOc1cc(F)c(N2CCC(O)(COc3ccc(F)c4c3CCC(=O)N4)CC2)cc1F. The molecule has 2 N–H and O–H groups in total. The first kappa shape index (κ1) is 22.3. The van der Waals surface area contributed by atoms with Gasteiger partial charge in [0.2, 0.25) is 5.91 Å². The Kier molecular flexibility index (Phi) is 6.19. The lowest BCUT2D eigenvalue weighted by molar-refractivity contribution is -0.116. The van der Waals surface area contributed by atoms with Gasteiger partial charge >= 0.3 is 0 Å². The Hall–Kier alpha value is -2.94. The number of piperidine rings is 1. The van der Waals surface area contributed by atoms with Crippen molar-refractivity contribution in [1.82, 2.24) is 0 Å². The van der Waals surface area contributed by atoms with Gasteiger partial charge in [0.25, 0.3) is 0 Å². The molecule has 2 aromatic carbocycles. The van der Waals surface area contributed by atoms with Crippen molar-refractivity contribution in [2.75, 3.05) is 36.5 Å². The summed E-state index contributed by atoms with van der Waals surface area (Å²) in [5.41, 5.74) is -0.362. The fourth-order valence-electron chi connectivity index (χ4n) is 4.11.